The third-order valence-electron chi connectivity index (χ3n) is 1.98. The average molecular weight is 238 g/mol. The van der Waals surface area contributed by atoms with Crippen molar-refractivity contribution in [1.29, 1.82) is 0 Å². The molecule has 0 bridgehead atoms. The molecule has 1 heterocycles. The van der Waals surface area contributed by atoms with Crippen LogP contribution in [0.1, 0.15) is 20.3 Å². The van der Waals surface area contributed by atoms with E-state index in [-0.39, 0.29) is 12.1 Å². The second-order valence-corrected chi connectivity index (χ2v) is 3.77. The van der Waals surface area contributed by atoms with Gasteiger partial charge in [-0.25, -0.2) is 4.98 Å². The van der Waals surface area contributed by atoms with E-state index in [2.05, 4.69) is 15.0 Å². The van der Waals surface area contributed by atoms with Gasteiger partial charge in [0.1, 0.15) is 0 Å². The van der Waals surface area contributed by atoms with Crippen LogP contribution < -0.4 is 10.1 Å². The highest BCUT2D eigenvalue weighted by Gasteiger charge is 2.06. The van der Waals surface area contributed by atoms with E-state index in [0.717, 1.165) is 0 Å². The van der Waals surface area contributed by atoms with Gasteiger partial charge < -0.3 is 14.8 Å². The molecule has 0 radical (unpaired) electrons. The van der Waals surface area contributed by atoms with Crippen LogP contribution in [-0.4, -0.2) is 30.7 Å². The summed E-state index contributed by atoms with van der Waals surface area (Å²) in [4.78, 5) is 15.1. The summed E-state index contributed by atoms with van der Waals surface area (Å²) in [5.74, 6) is 1.08. The minimum atomic E-state index is -0.250. The maximum Gasteiger partial charge on any atom is 0.307 e. The summed E-state index contributed by atoms with van der Waals surface area (Å²) in [6.07, 6.45) is 2.06. The van der Waals surface area contributed by atoms with Crippen molar-refractivity contribution in [3.8, 4) is 5.75 Å². The molecule has 17 heavy (non-hydrogen) atoms. The van der Waals surface area contributed by atoms with Crippen LogP contribution in [0.25, 0.3) is 0 Å². The Kier molecular flexibility index (Phi) is 5.26. The van der Waals surface area contributed by atoms with Gasteiger partial charge in [-0.15, -0.1) is 0 Å². The summed E-state index contributed by atoms with van der Waals surface area (Å²) >= 11 is 0. The van der Waals surface area contributed by atoms with E-state index in [1.54, 1.807) is 6.20 Å². The molecule has 0 aliphatic rings. The minimum Gasteiger partial charge on any atom is -0.487 e. The Hall–Kier alpha value is -1.78. The topological polar surface area (TPSA) is 60.5 Å². The van der Waals surface area contributed by atoms with Gasteiger partial charge in [-0.2, -0.15) is 0 Å². The van der Waals surface area contributed by atoms with Crippen molar-refractivity contribution >= 4 is 11.8 Å². The molecule has 0 atom stereocenters. The molecule has 1 N–H and O–H groups in total. The highest BCUT2D eigenvalue weighted by atomic mass is 16.5. The molecule has 5 nitrogen and oxygen atoms in total. The number of anilines is 1. The van der Waals surface area contributed by atoms with Crippen LogP contribution in [0.2, 0.25) is 0 Å². The predicted octanol–water partition coefficient (Wildman–Crippen LogP) is 1.84. The molecular weight excluding hydrogens is 220 g/mol. The van der Waals surface area contributed by atoms with Crippen LogP contribution in [0.15, 0.2) is 18.3 Å². The van der Waals surface area contributed by atoms with E-state index in [4.69, 9.17) is 4.74 Å². The molecule has 0 spiro atoms. The van der Waals surface area contributed by atoms with Crippen molar-refractivity contribution < 1.29 is 14.3 Å². The van der Waals surface area contributed by atoms with Crippen LogP contribution in [0.4, 0.5) is 5.82 Å². The van der Waals surface area contributed by atoms with Crippen molar-refractivity contribution in [1.82, 2.24) is 4.98 Å². The molecule has 0 unspecified atom stereocenters. The van der Waals surface area contributed by atoms with Gasteiger partial charge in [-0.1, -0.05) is 0 Å². The molecule has 0 saturated carbocycles. The summed E-state index contributed by atoms with van der Waals surface area (Å²) in [6.45, 7) is 4.37. The summed E-state index contributed by atoms with van der Waals surface area (Å²) < 4.78 is 10.1. The highest BCUT2D eigenvalue weighted by molar-refractivity contribution is 5.69. The van der Waals surface area contributed by atoms with Crippen molar-refractivity contribution in [2.24, 2.45) is 0 Å². The first-order chi connectivity index (χ1) is 8.13. The van der Waals surface area contributed by atoms with Gasteiger partial charge in [0.2, 0.25) is 0 Å². The molecule has 1 rings (SSSR count). The lowest BCUT2D eigenvalue weighted by Crippen LogP contribution is -2.13. The third kappa shape index (κ3) is 4.72. The normalized spacial score (nSPS) is 10.1. The minimum absolute atomic E-state index is 0.0837. The Morgan fingerprint density at radius 2 is 2.29 bits per heavy atom. The first-order valence-electron chi connectivity index (χ1n) is 5.56. The maximum absolute atomic E-state index is 11.0. The second kappa shape index (κ2) is 6.73. The monoisotopic (exact) mass is 238 g/mol. The smallest absolute Gasteiger partial charge is 0.307 e. The van der Waals surface area contributed by atoms with Gasteiger partial charge in [-0.05, 0) is 26.0 Å². The fraction of sp³-hybridized carbons (Fsp3) is 0.500. The first kappa shape index (κ1) is 13.3. The first-order valence-corrected chi connectivity index (χ1v) is 5.56. The Bertz CT molecular complexity index is 367. The van der Waals surface area contributed by atoms with E-state index in [1.807, 2.05) is 26.0 Å². The Labute approximate surface area is 101 Å². The Morgan fingerprint density at radius 3 is 2.94 bits per heavy atom. The number of hydrogen-bond acceptors (Lipinski definition) is 5. The average Bonchev–Trinajstić information content (AvgIpc) is 2.30. The number of pyridine rings is 1. The van der Waals surface area contributed by atoms with E-state index >= 15 is 0 Å². The van der Waals surface area contributed by atoms with Gasteiger partial charge in [0, 0.05) is 12.7 Å². The summed E-state index contributed by atoms with van der Waals surface area (Å²) in [5.41, 5.74) is 0. The zero-order valence-electron chi connectivity index (χ0n) is 10.4. The number of carbonyl (C=O) groups excluding carboxylic acids is 1. The lowest BCUT2D eigenvalue weighted by molar-refractivity contribution is -0.140. The zero-order chi connectivity index (χ0) is 12.7. The number of methoxy groups -OCH3 is 1. The number of nitrogens with zero attached hydrogens (tertiary/aromatic N) is 1. The van der Waals surface area contributed by atoms with E-state index in [1.165, 1.54) is 7.11 Å². The molecular formula is C12H18N2O3. The molecule has 5 heteroatoms. The molecule has 0 fully saturated rings. The van der Waals surface area contributed by atoms with Crippen LogP contribution >= 0.6 is 0 Å². The van der Waals surface area contributed by atoms with Crippen LogP contribution in [0.3, 0.4) is 0 Å². The van der Waals surface area contributed by atoms with Crippen molar-refractivity contribution in [3.05, 3.63) is 18.3 Å². The number of rotatable bonds is 6. The largest absolute Gasteiger partial charge is 0.487 e. The van der Waals surface area contributed by atoms with Crippen LogP contribution in [0, 0.1) is 0 Å². The third-order valence-corrected chi connectivity index (χ3v) is 1.98. The fourth-order valence-electron chi connectivity index (χ4n) is 1.26. The van der Waals surface area contributed by atoms with E-state index < -0.39 is 0 Å². The fourth-order valence-corrected chi connectivity index (χ4v) is 1.26. The molecule has 0 saturated heterocycles. The quantitative estimate of drug-likeness (QED) is 0.766. The lowest BCUT2D eigenvalue weighted by Gasteiger charge is -2.13. The van der Waals surface area contributed by atoms with Crippen molar-refractivity contribution in [2.45, 2.75) is 26.4 Å². The molecule has 0 aliphatic heterocycles. The number of carbonyl (C=O) groups is 1. The standard InChI is InChI=1S/C12H18N2O3/c1-9(2)17-10-5-4-7-13-12(10)14-8-6-11(15)16-3/h4-5,7,9H,6,8H2,1-3H3,(H,13,14). The van der Waals surface area contributed by atoms with Crippen molar-refractivity contribution in [2.75, 3.05) is 19.0 Å². The molecule has 94 valence electrons. The maximum atomic E-state index is 11.0. The molecule has 0 amide bonds. The predicted molar refractivity (Wildman–Crippen MR) is 65.1 cm³/mol. The van der Waals surface area contributed by atoms with E-state index in [0.29, 0.717) is 24.5 Å². The number of nitrogens with one attached hydrogen (secondary N) is 1. The Balaban J connectivity index is 2.54. The van der Waals surface area contributed by atoms with Gasteiger partial charge in [0.05, 0.1) is 19.6 Å². The summed E-state index contributed by atoms with van der Waals surface area (Å²) in [5, 5.41) is 3.05. The van der Waals surface area contributed by atoms with Gasteiger partial charge in [0.15, 0.2) is 11.6 Å². The molecule has 0 aromatic carbocycles. The molecule has 0 aliphatic carbocycles. The van der Waals surface area contributed by atoms with Crippen LogP contribution in [-0.2, 0) is 9.53 Å². The van der Waals surface area contributed by atoms with Gasteiger partial charge in [-0.3, -0.25) is 4.79 Å². The number of aromatic nitrogens is 1. The number of esters is 1. The summed E-state index contributed by atoms with van der Waals surface area (Å²) in [6, 6.07) is 3.65. The molecule has 1 aromatic heterocycles. The highest BCUT2D eigenvalue weighted by Crippen LogP contribution is 2.21. The van der Waals surface area contributed by atoms with Gasteiger partial charge in [0.25, 0.3) is 0 Å². The Morgan fingerprint density at radius 1 is 1.53 bits per heavy atom. The van der Waals surface area contributed by atoms with E-state index in [9.17, 15) is 4.79 Å². The van der Waals surface area contributed by atoms with Gasteiger partial charge >= 0.3 is 5.97 Å². The SMILES string of the molecule is COC(=O)CCNc1ncccc1OC(C)C. The lowest BCUT2D eigenvalue weighted by atomic mass is 10.3. The number of ether oxygens (including phenoxy) is 2. The molecule has 1 aromatic rings. The zero-order valence-corrected chi connectivity index (χ0v) is 10.4. The van der Waals surface area contributed by atoms with Crippen molar-refractivity contribution in [3.63, 3.8) is 0 Å². The number of hydrogen-bond donors (Lipinski definition) is 1. The second-order valence-electron chi connectivity index (χ2n) is 3.77. The summed E-state index contributed by atoms with van der Waals surface area (Å²) in [7, 11) is 1.37. The van der Waals surface area contributed by atoms with Crippen LogP contribution in [0.5, 0.6) is 5.75 Å².